The average Bonchev–Trinajstić information content (AvgIpc) is 3.40. The number of pyridine rings is 2. The molecule has 204 valence electrons. The molecule has 1 aromatic carbocycles. The van der Waals surface area contributed by atoms with Crippen LogP contribution in [0.25, 0.3) is 22.7 Å². The molecule has 0 aliphatic carbocycles. The Morgan fingerprint density at radius 2 is 1.98 bits per heavy atom. The van der Waals surface area contributed by atoms with Crippen LogP contribution in [0.1, 0.15) is 44.7 Å². The van der Waals surface area contributed by atoms with Crippen molar-refractivity contribution in [3.8, 4) is 22.9 Å². The van der Waals surface area contributed by atoms with Crippen molar-refractivity contribution in [2.75, 3.05) is 24.6 Å². The molecule has 0 bridgehead atoms. The fourth-order valence-corrected chi connectivity index (χ4v) is 5.05. The second kappa shape index (κ2) is 11.6. The molecular formula is C32H34N6O2. The number of carbonyl (C=O) groups excluding carboxylic acids is 1. The van der Waals surface area contributed by atoms with Gasteiger partial charge in [-0.25, -0.2) is 9.50 Å². The lowest BCUT2D eigenvalue weighted by atomic mass is 9.88. The lowest BCUT2D eigenvalue weighted by Gasteiger charge is -2.40. The van der Waals surface area contributed by atoms with Gasteiger partial charge in [-0.2, -0.15) is 10.4 Å². The van der Waals surface area contributed by atoms with Crippen LogP contribution in [0.2, 0.25) is 0 Å². The molecule has 1 saturated heterocycles. The topological polar surface area (TPSA) is 95.5 Å². The molecule has 5 rings (SSSR count). The van der Waals surface area contributed by atoms with Gasteiger partial charge >= 0.3 is 0 Å². The zero-order valence-corrected chi connectivity index (χ0v) is 23.2. The third kappa shape index (κ3) is 5.84. The van der Waals surface area contributed by atoms with Gasteiger partial charge in [0, 0.05) is 36.0 Å². The zero-order chi connectivity index (χ0) is 28.1. The molecule has 8 nitrogen and oxygen atoms in total. The van der Waals surface area contributed by atoms with Crippen LogP contribution < -0.4 is 15.0 Å². The van der Waals surface area contributed by atoms with E-state index in [1.807, 2.05) is 80.7 Å². The number of anilines is 1. The van der Waals surface area contributed by atoms with E-state index in [-0.39, 0.29) is 17.4 Å². The number of aromatic nitrogens is 3. The molecule has 1 N–H and O–H groups in total. The number of nitriles is 1. The minimum absolute atomic E-state index is 0.0443. The summed E-state index contributed by atoms with van der Waals surface area (Å²) in [4.78, 5) is 19.9. The highest BCUT2D eigenvalue weighted by Crippen LogP contribution is 2.32. The van der Waals surface area contributed by atoms with Crippen LogP contribution in [0.5, 0.6) is 5.75 Å². The Kier molecular flexibility index (Phi) is 7.83. The van der Waals surface area contributed by atoms with Crippen LogP contribution in [-0.4, -0.2) is 45.7 Å². The summed E-state index contributed by atoms with van der Waals surface area (Å²) in [5, 5.41) is 17.2. The maximum absolute atomic E-state index is 12.9. The number of hydrogen-bond acceptors (Lipinski definition) is 6. The second-order valence-electron chi connectivity index (χ2n) is 10.5. The summed E-state index contributed by atoms with van der Waals surface area (Å²) >= 11 is 0. The van der Waals surface area contributed by atoms with Crippen LogP contribution in [0, 0.1) is 17.2 Å². The van der Waals surface area contributed by atoms with Crippen molar-refractivity contribution < 1.29 is 9.53 Å². The van der Waals surface area contributed by atoms with Crippen molar-refractivity contribution in [3.63, 3.8) is 0 Å². The maximum atomic E-state index is 12.9. The Morgan fingerprint density at radius 3 is 2.65 bits per heavy atom. The lowest BCUT2D eigenvalue weighted by Crippen LogP contribution is -2.54. The first kappa shape index (κ1) is 26.9. The van der Waals surface area contributed by atoms with Crippen molar-refractivity contribution in [2.24, 2.45) is 5.92 Å². The van der Waals surface area contributed by atoms with Crippen molar-refractivity contribution in [3.05, 3.63) is 84.3 Å². The molecule has 0 saturated carbocycles. The summed E-state index contributed by atoms with van der Waals surface area (Å²) in [6.07, 6.45) is 10.8. The Bertz CT molecular complexity index is 1540. The van der Waals surface area contributed by atoms with E-state index in [1.54, 1.807) is 16.9 Å². The number of fused-ring (bicyclic) bond motifs is 1. The largest absolute Gasteiger partial charge is 0.492 e. The molecule has 1 amide bonds. The predicted molar refractivity (Wildman–Crippen MR) is 157 cm³/mol. The monoisotopic (exact) mass is 534 g/mol. The summed E-state index contributed by atoms with van der Waals surface area (Å²) in [6, 6.07) is 18.2. The van der Waals surface area contributed by atoms with Crippen LogP contribution in [-0.2, 0) is 4.79 Å². The molecule has 4 heterocycles. The molecule has 4 aromatic rings. The Balaban J connectivity index is 1.24. The highest BCUT2D eigenvalue weighted by atomic mass is 16.5. The number of rotatable bonds is 8. The van der Waals surface area contributed by atoms with Crippen molar-refractivity contribution >= 4 is 23.3 Å². The number of piperidine rings is 1. The van der Waals surface area contributed by atoms with Gasteiger partial charge in [0.15, 0.2) is 0 Å². The van der Waals surface area contributed by atoms with Gasteiger partial charge in [-0.1, -0.05) is 49.4 Å². The molecule has 0 spiro atoms. The first-order valence-electron chi connectivity index (χ1n) is 13.7. The Hall–Kier alpha value is -4.64. The minimum atomic E-state index is -0.261. The molecule has 1 unspecified atom stereocenters. The number of nitrogens with one attached hydrogen (secondary N) is 1. The van der Waals surface area contributed by atoms with Crippen LogP contribution in [0.4, 0.5) is 5.82 Å². The third-order valence-electron chi connectivity index (χ3n) is 7.48. The molecule has 1 atom stereocenters. The standard InChI is InChI=1S/C32H34N6O2/c1-4-40-27-18-28(30-26(19-33)21-35-38(30)22-27)25-12-13-29(34-20-25)37-16-14-32(3,15-17-37)36-31(39)23(2)10-11-24-8-6-5-7-9-24/h5-13,18,20-23H,4,14-17H2,1-3H3,(H,36,39)/b11-10+. The fraction of sp³-hybridized carbons (Fsp3) is 0.312. The summed E-state index contributed by atoms with van der Waals surface area (Å²) in [7, 11) is 0. The van der Waals surface area contributed by atoms with Crippen LogP contribution >= 0.6 is 0 Å². The number of benzene rings is 1. The van der Waals surface area contributed by atoms with Gasteiger partial charge in [0.2, 0.25) is 5.91 Å². The SMILES string of the molecule is CCOc1cc(-c2ccc(N3CCC(C)(NC(=O)C(C)/C=C/c4ccccc4)CC3)nc2)c2c(C#N)cnn2c1. The molecule has 1 aliphatic rings. The van der Waals surface area contributed by atoms with E-state index in [0.717, 1.165) is 54.0 Å². The van der Waals surface area contributed by atoms with E-state index in [9.17, 15) is 10.1 Å². The number of hydrogen-bond donors (Lipinski definition) is 1. The predicted octanol–water partition coefficient (Wildman–Crippen LogP) is 5.49. The average molecular weight is 535 g/mol. The van der Waals surface area contributed by atoms with E-state index >= 15 is 0 Å². The molecular weight excluding hydrogens is 500 g/mol. The summed E-state index contributed by atoms with van der Waals surface area (Å²) in [5.41, 5.74) is 3.80. The van der Waals surface area contributed by atoms with Gasteiger partial charge in [0.05, 0.1) is 36.0 Å². The first-order valence-corrected chi connectivity index (χ1v) is 13.7. The van der Waals surface area contributed by atoms with Gasteiger partial charge in [0.1, 0.15) is 17.6 Å². The summed E-state index contributed by atoms with van der Waals surface area (Å²) in [6.45, 7) is 8.11. The van der Waals surface area contributed by atoms with Crippen molar-refractivity contribution in [1.82, 2.24) is 19.9 Å². The third-order valence-corrected chi connectivity index (χ3v) is 7.48. The first-order chi connectivity index (χ1) is 19.4. The van der Waals surface area contributed by atoms with Gasteiger partial charge < -0.3 is 15.0 Å². The Morgan fingerprint density at radius 1 is 1.20 bits per heavy atom. The molecule has 40 heavy (non-hydrogen) atoms. The molecule has 0 radical (unpaired) electrons. The number of carbonyl (C=O) groups is 1. The van der Waals surface area contributed by atoms with Crippen molar-refractivity contribution in [1.29, 1.82) is 5.26 Å². The van der Waals surface area contributed by atoms with Crippen molar-refractivity contribution in [2.45, 2.75) is 39.2 Å². The van der Waals surface area contributed by atoms with E-state index in [2.05, 4.69) is 28.3 Å². The minimum Gasteiger partial charge on any atom is -0.492 e. The quantitative estimate of drug-likeness (QED) is 0.321. The van der Waals surface area contributed by atoms with E-state index in [0.29, 0.717) is 17.9 Å². The molecule has 3 aromatic heterocycles. The number of nitrogens with zero attached hydrogens (tertiary/aromatic N) is 5. The summed E-state index contributed by atoms with van der Waals surface area (Å²) in [5.74, 6) is 1.41. The van der Waals surface area contributed by atoms with Gasteiger partial charge in [-0.3, -0.25) is 4.79 Å². The number of ether oxygens (including phenoxy) is 1. The van der Waals surface area contributed by atoms with Gasteiger partial charge in [-0.05, 0) is 50.5 Å². The van der Waals surface area contributed by atoms with Gasteiger partial charge in [0.25, 0.3) is 0 Å². The van der Waals surface area contributed by atoms with Crippen LogP contribution in [0.15, 0.2) is 73.2 Å². The Labute approximate surface area is 234 Å². The fourth-order valence-electron chi connectivity index (χ4n) is 5.05. The second-order valence-corrected chi connectivity index (χ2v) is 10.5. The number of amides is 1. The molecule has 1 fully saturated rings. The van der Waals surface area contributed by atoms with E-state index < -0.39 is 0 Å². The molecule has 1 aliphatic heterocycles. The highest BCUT2D eigenvalue weighted by molar-refractivity contribution is 5.85. The highest BCUT2D eigenvalue weighted by Gasteiger charge is 2.32. The maximum Gasteiger partial charge on any atom is 0.227 e. The van der Waals surface area contributed by atoms with E-state index in [4.69, 9.17) is 9.72 Å². The smallest absolute Gasteiger partial charge is 0.227 e. The zero-order valence-electron chi connectivity index (χ0n) is 23.2. The molecule has 8 heteroatoms. The van der Waals surface area contributed by atoms with Gasteiger partial charge in [-0.15, -0.1) is 0 Å². The normalized spacial score (nSPS) is 15.6. The summed E-state index contributed by atoms with van der Waals surface area (Å²) < 4.78 is 7.41. The van der Waals surface area contributed by atoms with Crippen LogP contribution in [0.3, 0.4) is 0 Å². The van der Waals surface area contributed by atoms with E-state index in [1.165, 1.54) is 0 Å². The lowest BCUT2D eigenvalue weighted by molar-refractivity contribution is -0.125.